The molecule has 0 saturated carbocycles. The van der Waals surface area contributed by atoms with E-state index in [4.69, 9.17) is 0 Å². The number of nitrogens with one attached hydrogen (secondary N) is 2. The second kappa shape index (κ2) is 6.75. The lowest BCUT2D eigenvalue weighted by atomic mass is 10.3. The molecule has 0 aliphatic rings. The van der Waals surface area contributed by atoms with Gasteiger partial charge in [-0.25, -0.2) is 13.1 Å². The Balaban J connectivity index is 2.77. The van der Waals surface area contributed by atoms with Crippen molar-refractivity contribution in [3.8, 4) is 0 Å². The molecule has 0 bridgehead atoms. The lowest BCUT2D eigenvalue weighted by Gasteiger charge is -2.12. The van der Waals surface area contributed by atoms with Crippen LogP contribution in [0.1, 0.15) is 33.6 Å². The highest BCUT2D eigenvalue weighted by Crippen LogP contribution is 2.14. The van der Waals surface area contributed by atoms with Crippen molar-refractivity contribution in [2.45, 2.75) is 44.6 Å². The molecule has 0 spiro atoms. The second-order valence-electron chi connectivity index (χ2n) is 4.38. The Morgan fingerprint density at radius 2 is 1.78 bits per heavy atom. The Labute approximate surface area is 110 Å². The first-order valence-corrected chi connectivity index (χ1v) is 7.84. The summed E-state index contributed by atoms with van der Waals surface area (Å²) in [5, 5.41) is 3.21. The highest BCUT2D eigenvalue weighted by Gasteiger charge is 2.15. The Hall–Kier alpha value is -1.07. The highest BCUT2D eigenvalue weighted by molar-refractivity contribution is 7.89. The zero-order valence-electron chi connectivity index (χ0n) is 11.2. The molecular formula is C13H22N2O2S. The van der Waals surface area contributed by atoms with E-state index in [0.717, 1.165) is 25.1 Å². The van der Waals surface area contributed by atoms with Crippen LogP contribution in [0, 0.1) is 0 Å². The van der Waals surface area contributed by atoms with Crippen molar-refractivity contribution in [3.05, 3.63) is 24.3 Å². The molecule has 1 aromatic carbocycles. The predicted octanol–water partition coefficient (Wildman–Crippen LogP) is 2.59. The van der Waals surface area contributed by atoms with Crippen LogP contribution in [0.2, 0.25) is 0 Å². The minimum atomic E-state index is -3.39. The molecule has 2 N–H and O–H groups in total. The normalized spacial score (nSPS) is 13.3. The maximum atomic E-state index is 12.0. The lowest BCUT2D eigenvalue weighted by Crippen LogP contribution is -2.31. The van der Waals surface area contributed by atoms with E-state index in [0.29, 0.717) is 4.90 Å². The molecule has 0 amide bonds. The van der Waals surface area contributed by atoms with Gasteiger partial charge in [-0.05, 0) is 44.0 Å². The average Bonchev–Trinajstić information content (AvgIpc) is 2.36. The zero-order valence-corrected chi connectivity index (χ0v) is 12.0. The van der Waals surface area contributed by atoms with Gasteiger partial charge in [0.25, 0.3) is 0 Å². The summed E-state index contributed by atoms with van der Waals surface area (Å²) >= 11 is 0. The summed E-state index contributed by atoms with van der Waals surface area (Å²) in [6, 6.07) is 6.79. The van der Waals surface area contributed by atoms with Gasteiger partial charge in [0, 0.05) is 18.3 Å². The first-order valence-electron chi connectivity index (χ1n) is 6.35. The quantitative estimate of drug-likeness (QED) is 0.800. The summed E-state index contributed by atoms with van der Waals surface area (Å²) in [6.07, 6.45) is 1.81. The molecule has 1 atom stereocenters. The van der Waals surface area contributed by atoms with Gasteiger partial charge in [-0.3, -0.25) is 0 Å². The highest BCUT2D eigenvalue weighted by atomic mass is 32.2. The van der Waals surface area contributed by atoms with E-state index < -0.39 is 10.0 Å². The maximum absolute atomic E-state index is 12.0. The summed E-state index contributed by atoms with van der Waals surface area (Å²) in [7, 11) is -3.39. The predicted molar refractivity (Wildman–Crippen MR) is 75.3 cm³/mol. The molecule has 0 aliphatic heterocycles. The van der Waals surface area contributed by atoms with Crippen molar-refractivity contribution in [1.82, 2.24) is 4.72 Å². The molecule has 0 heterocycles. The first kappa shape index (κ1) is 15.0. The van der Waals surface area contributed by atoms with E-state index in [2.05, 4.69) is 17.0 Å². The molecule has 5 heteroatoms. The second-order valence-corrected chi connectivity index (χ2v) is 6.10. The van der Waals surface area contributed by atoms with E-state index in [-0.39, 0.29) is 6.04 Å². The van der Waals surface area contributed by atoms with Crippen LogP contribution in [0.15, 0.2) is 29.2 Å². The molecule has 1 aromatic rings. The fraction of sp³-hybridized carbons (Fsp3) is 0.538. The Bertz CT molecular complexity index is 454. The van der Waals surface area contributed by atoms with E-state index in [1.807, 2.05) is 13.8 Å². The third-order valence-electron chi connectivity index (χ3n) is 2.71. The van der Waals surface area contributed by atoms with Crippen molar-refractivity contribution in [2.24, 2.45) is 0 Å². The average molecular weight is 270 g/mol. The van der Waals surface area contributed by atoms with Crippen molar-refractivity contribution in [2.75, 3.05) is 11.9 Å². The van der Waals surface area contributed by atoms with Gasteiger partial charge in [-0.1, -0.05) is 13.8 Å². The molecule has 0 aliphatic carbocycles. The van der Waals surface area contributed by atoms with Gasteiger partial charge in [0.05, 0.1) is 4.90 Å². The van der Waals surface area contributed by atoms with Gasteiger partial charge >= 0.3 is 0 Å². The molecule has 1 unspecified atom stereocenters. The molecule has 1 rings (SSSR count). The van der Waals surface area contributed by atoms with Gasteiger partial charge in [0.15, 0.2) is 0 Å². The molecule has 102 valence electrons. The third kappa shape index (κ3) is 4.31. The SMILES string of the molecule is CCCNc1ccc(S(=O)(=O)NC(C)CC)cc1. The van der Waals surface area contributed by atoms with Crippen molar-refractivity contribution in [3.63, 3.8) is 0 Å². The third-order valence-corrected chi connectivity index (χ3v) is 4.32. The van der Waals surface area contributed by atoms with Crippen LogP contribution in [-0.4, -0.2) is 21.0 Å². The minimum absolute atomic E-state index is 0.0482. The fourth-order valence-electron chi connectivity index (χ4n) is 1.44. The van der Waals surface area contributed by atoms with E-state index in [1.165, 1.54) is 0 Å². The molecule has 0 fully saturated rings. The molecule has 0 saturated heterocycles. The topological polar surface area (TPSA) is 58.2 Å². The Morgan fingerprint density at radius 3 is 2.28 bits per heavy atom. The number of rotatable bonds is 7. The van der Waals surface area contributed by atoms with Gasteiger partial charge in [-0.2, -0.15) is 0 Å². The molecular weight excluding hydrogens is 248 g/mol. The van der Waals surface area contributed by atoms with E-state index in [1.54, 1.807) is 24.3 Å². The van der Waals surface area contributed by atoms with Crippen LogP contribution in [-0.2, 0) is 10.0 Å². The molecule has 0 aromatic heterocycles. The summed E-state index contributed by atoms with van der Waals surface area (Å²) < 4.78 is 26.6. The van der Waals surface area contributed by atoms with E-state index >= 15 is 0 Å². The van der Waals surface area contributed by atoms with Crippen LogP contribution in [0.3, 0.4) is 0 Å². The van der Waals surface area contributed by atoms with Crippen LogP contribution in [0.5, 0.6) is 0 Å². The summed E-state index contributed by atoms with van der Waals surface area (Å²) in [4.78, 5) is 0.310. The van der Waals surface area contributed by atoms with Crippen molar-refractivity contribution in [1.29, 1.82) is 0 Å². The lowest BCUT2D eigenvalue weighted by molar-refractivity contribution is 0.556. The van der Waals surface area contributed by atoms with Crippen LogP contribution in [0.4, 0.5) is 5.69 Å². The molecule has 0 radical (unpaired) electrons. The van der Waals surface area contributed by atoms with Crippen LogP contribution < -0.4 is 10.0 Å². The van der Waals surface area contributed by atoms with Crippen molar-refractivity contribution < 1.29 is 8.42 Å². The van der Waals surface area contributed by atoms with Crippen LogP contribution in [0.25, 0.3) is 0 Å². The standard InChI is InChI=1S/C13H22N2O2S/c1-4-10-14-12-6-8-13(9-7-12)18(16,17)15-11(3)5-2/h6-9,11,14-15H,4-5,10H2,1-3H3. The molecule has 18 heavy (non-hydrogen) atoms. The molecule has 4 nitrogen and oxygen atoms in total. The number of hydrogen-bond donors (Lipinski definition) is 2. The Kier molecular flexibility index (Phi) is 5.62. The maximum Gasteiger partial charge on any atom is 0.240 e. The summed E-state index contributed by atoms with van der Waals surface area (Å²) in [5.74, 6) is 0. The number of anilines is 1. The number of sulfonamides is 1. The van der Waals surface area contributed by atoms with Crippen LogP contribution >= 0.6 is 0 Å². The number of benzene rings is 1. The van der Waals surface area contributed by atoms with Gasteiger partial charge in [0.1, 0.15) is 0 Å². The van der Waals surface area contributed by atoms with Crippen molar-refractivity contribution >= 4 is 15.7 Å². The summed E-state index contributed by atoms with van der Waals surface area (Å²) in [6.45, 7) is 6.78. The Morgan fingerprint density at radius 1 is 1.17 bits per heavy atom. The van der Waals surface area contributed by atoms with E-state index in [9.17, 15) is 8.42 Å². The largest absolute Gasteiger partial charge is 0.385 e. The van der Waals surface area contributed by atoms with Gasteiger partial charge in [-0.15, -0.1) is 0 Å². The van der Waals surface area contributed by atoms with Gasteiger partial charge < -0.3 is 5.32 Å². The monoisotopic (exact) mass is 270 g/mol. The zero-order chi connectivity index (χ0) is 13.6. The first-order chi connectivity index (χ1) is 8.49. The van der Waals surface area contributed by atoms with Gasteiger partial charge in [0.2, 0.25) is 10.0 Å². The fourth-order valence-corrected chi connectivity index (χ4v) is 2.76. The summed E-state index contributed by atoms with van der Waals surface area (Å²) in [5.41, 5.74) is 0.944. The number of hydrogen-bond acceptors (Lipinski definition) is 3. The smallest absolute Gasteiger partial charge is 0.240 e. The minimum Gasteiger partial charge on any atom is -0.385 e.